The van der Waals surface area contributed by atoms with Gasteiger partial charge in [-0.3, -0.25) is 4.79 Å². The van der Waals surface area contributed by atoms with E-state index in [0.29, 0.717) is 18.7 Å². The lowest BCUT2D eigenvalue weighted by atomic mass is 10.1. The summed E-state index contributed by atoms with van der Waals surface area (Å²) in [6, 6.07) is 5.95. The molecule has 0 aliphatic carbocycles. The Hall–Kier alpha value is -1.88. The number of carbonyl (C=O) groups excluding carboxylic acids is 1. The van der Waals surface area contributed by atoms with Crippen molar-refractivity contribution in [1.82, 2.24) is 9.62 Å². The van der Waals surface area contributed by atoms with Crippen LogP contribution in [0.3, 0.4) is 0 Å². The molecule has 0 spiro atoms. The number of benzene rings is 1. The van der Waals surface area contributed by atoms with Crippen molar-refractivity contribution < 1.29 is 17.9 Å². The topological polar surface area (TPSA) is 75.7 Å². The van der Waals surface area contributed by atoms with Crippen LogP contribution in [0.15, 0.2) is 29.2 Å². The van der Waals surface area contributed by atoms with Crippen molar-refractivity contribution in [2.75, 3.05) is 19.6 Å². The van der Waals surface area contributed by atoms with Crippen LogP contribution >= 0.6 is 0 Å². The van der Waals surface area contributed by atoms with Gasteiger partial charge in [0.1, 0.15) is 0 Å². The molecule has 1 heterocycles. The monoisotopic (exact) mass is 336 g/mol. The molecule has 23 heavy (non-hydrogen) atoms. The molecule has 0 aromatic heterocycles. The lowest BCUT2D eigenvalue weighted by Crippen LogP contribution is -2.48. The van der Waals surface area contributed by atoms with E-state index in [4.69, 9.17) is 11.2 Å². The highest BCUT2D eigenvalue weighted by Crippen LogP contribution is 2.17. The number of hydrogen-bond acceptors (Lipinski definition) is 4. The number of ether oxygens (including phenoxy) is 1. The summed E-state index contributed by atoms with van der Waals surface area (Å²) in [5.74, 6) is 2.01. The van der Waals surface area contributed by atoms with Gasteiger partial charge in [0.05, 0.1) is 23.6 Å². The van der Waals surface area contributed by atoms with Crippen LogP contribution in [0, 0.1) is 12.3 Å². The fourth-order valence-electron chi connectivity index (χ4n) is 2.54. The second-order valence-electron chi connectivity index (χ2n) is 5.52. The Labute approximate surface area is 136 Å². The van der Waals surface area contributed by atoms with E-state index in [0.717, 1.165) is 0 Å². The van der Waals surface area contributed by atoms with Gasteiger partial charge in [-0.05, 0) is 32.0 Å². The van der Waals surface area contributed by atoms with Crippen LogP contribution in [0.25, 0.3) is 0 Å². The summed E-state index contributed by atoms with van der Waals surface area (Å²) >= 11 is 0. The Morgan fingerprint density at radius 2 is 2.04 bits per heavy atom. The summed E-state index contributed by atoms with van der Waals surface area (Å²) in [5, 5.41) is 0. The molecule has 1 aromatic carbocycles. The smallest absolute Gasteiger partial charge is 0.254 e. The maximum absolute atomic E-state index is 12.6. The fraction of sp³-hybridized carbons (Fsp3) is 0.438. The van der Waals surface area contributed by atoms with Crippen molar-refractivity contribution in [3.63, 3.8) is 0 Å². The molecule has 2 atom stereocenters. The number of sulfonamides is 1. The lowest BCUT2D eigenvalue weighted by Gasteiger charge is -2.35. The number of terminal acetylenes is 1. The number of hydrogen-bond donors (Lipinski definition) is 1. The summed E-state index contributed by atoms with van der Waals surface area (Å²) in [7, 11) is -3.72. The molecule has 1 saturated heterocycles. The first kappa shape index (κ1) is 17.5. The zero-order valence-electron chi connectivity index (χ0n) is 13.2. The number of rotatable bonds is 4. The van der Waals surface area contributed by atoms with E-state index in [-0.39, 0.29) is 29.6 Å². The minimum atomic E-state index is -3.72. The average molecular weight is 336 g/mol. The van der Waals surface area contributed by atoms with E-state index >= 15 is 0 Å². The van der Waals surface area contributed by atoms with Gasteiger partial charge in [0.25, 0.3) is 5.91 Å². The van der Waals surface area contributed by atoms with Crippen LogP contribution in [0.4, 0.5) is 0 Å². The van der Waals surface area contributed by atoms with Crippen LogP contribution < -0.4 is 4.72 Å². The Kier molecular flexibility index (Phi) is 5.42. The maximum atomic E-state index is 12.6. The standard InChI is InChI=1S/C16H20N2O4S/c1-4-8-17-23(20,21)15-7-5-6-14(9-15)16(19)18-10-12(2)22-13(3)11-18/h1,5-7,9,12-13,17H,8,10-11H2,2-3H3. The highest BCUT2D eigenvalue weighted by Gasteiger charge is 2.27. The molecule has 1 N–H and O–H groups in total. The predicted molar refractivity (Wildman–Crippen MR) is 86.4 cm³/mol. The molecule has 7 heteroatoms. The van der Waals surface area contributed by atoms with Gasteiger partial charge in [0.2, 0.25) is 10.0 Å². The molecule has 6 nitrogen and oxygen atoms in total. The summed E-state index contributed by atoms with van der Waals surface area (Å²) in [5.41, 5.74) is 0.329. The molecular formula is C16H20N2O4S. The molecule has 1 amide bonds. The van der Waals surface area contributed by atoms with Crippen molar-refractivity contribution in [2.45, 2.75) is 31.0 Å². The number of morpholine rings is 1. The largest absolute Gasteiger partial charge is 0.372 e. The van der Waals surface area contributed by atoms with Crippen LogP contribution in [-0.2, 0) is 14.8 Å². The Bertz CT molecular complexity index is 714. The number of carbonyl (C=O) groups is 1. The van der Waals surface area contributed by atoms with E-state index in [1.54, 1.807) is 17.0 Å². The van der Waals surface area contributed by atoms with Crippen LogP contribution in [0.2, 0.25) is 0 Å². The molecule has 2 unspecified atom stereocenters. The van der Waals surface area contributed by atoms with Crippen LogP contribution in [0.5, 0.6) is 0 Å². The molecule has 1 aromatic rings. The fourth-order valence-corrected chi connectivity index (χ4v) is 3.52. The van der Waals surface area contributed by atoms with Gasteiger partial charge in [-0.25, -0.2) is 8.42 Å². The maximum Gasteiger partial charge on any atom is 0.254 e. The second kappa shape index (κ2) is 7.13. The lowest BCUT2D eigenvalue weighted by molar-refractivity contribution is -0.0586. The summed E-state index contributed by atoms with van der Waals surface area (Å²) in [6.07, 6.45) is 4.97. The first-order chi connectivity index (χ1) is 10.8. The summed E-state index contributed by atoms with van der Waals surface area (Å²) in [4.78, 5) is 14.3. The van der Waals surface area contributed by atoms with Crippen LogP contribution in [-0.4, -0.2) is 51.1 Å². The Morgan fingerprint density at radius 1 is 1.39 bits per heavy atom. The Morgan fingerprint density at radius 3 is 2.65 bits per heavy atom. The van der Waals surface area contributed by atoms with E-state index in [1.807, 2.05) is 13.8 Å². The summed E-state index contributed by atoms with van der Waals surface area (Å²) in [6.45, 7) is 4.67. The molecule has 0 bridgehead atoms. The number of amides is 1. The number of nitrogens with one attached hydrogen (secondary N) is 1. The third kappa shape index (κ3) is 4.32. The molecule has 1 aliphatic rings. The molecule has 0 saturated carbocycles. The van der Waals surface area contributed by atoms with Gasteiger partial charge in [-0.1, -0.05) is 12.0 Å². The van der Waals surface area contributed by atoms with Gasteiger partial charge >= 0.3 is 0 Å². The molecule has 0 radical (unpaired) electrons. The van der Waals surface area contributed by atoms with Gasteiger partial charge in [0, 0.05) is 18.7 Å². The van der Waals surface area contributed by atoms with Crippen molar-refractivity contribution in [3.8, 4) is 12.3 Å². The average Bonchev–Trinajstić information content (AvgIpc) is 2.51. The zero-order chi connectivity index (χ0) is 17.0. The zero-order valence-corrected chi connectivity index (χ0v) is 14.0. The van der Waals surface area contributed by atoms with Crippen molar-refractivity contribution in [3.05, 3.63) is 29.8 Å². The first-order valence-electron chi connectivity index (χ1n) is 7.31. The quantitative estimate of drug-likeness (QED) is 0.827. The minimum absolute atomic E-state index is 0.0213. The van der Waals surface area contributed by atoms with E-state index in [2.05, 4.69) is 10.6 Å². The molecule has 1 aliphatic heterocycles. The van der Waals surface area contributed by atoms with Gasteiger partial charge in [-0.2, -0.15) is 4.72 Å². The third-order valence-electron chi connectivity index (χ3n) is 3.46. The SMILES string of the molecule is C#CCNS(=O)(=O)c1cccc(C(=O)N2CC(C)OC(C)C2)c1. The normalized spacial score (nSPS) is 21.7. The van der Waals surface area contributed by atoms with Gasteiger partial charge in [-0.15, -0.1) is 6.42 Å². The van der Waals surface area contributed by atoms with Crippen molar-refractivity contribution >= 4 is 15.9 Å². The number of nitrogens with zero attached hydrogens (tertiary/aromatic N) is 1. The van der Waals surface area contributed by atoms with Crippen LogP contribution in [0.1, 0.15) is 24.2 Å². The molecule has 124 valence electrons. The second-order valence-corrected chi connectivity index (χ2v) is 7.29. The van der Waals surface area contributed by atoms with Crippen molar-refractivity contribution in [2.24, 2.45) is 0 Å². The first-order valence-corrected chi connectivity index (χ1v) is 8.79. The van der Waals surface area contributed by atoms with E-state index < -0.39 is 10.0 Å². The van der Waals surface area contributed by atoms with E-state index in [1.165, 1.54) is 12.1 Å². The highest BCUT2D eigenvalue weighted by molar-refractivity contribution is 7.89. The highest BCUT2D eigenvalue weighted by atomic mass is 32.2. The molecule has 2 rings (SSSR count). The van der Waals surface area contributed by atoms with E-state index in [9.17, 15) is 13.2 Å². The summed E-state index contributed by atoms with van der Waals surface area (Å²) < 4.78 is 32.1. The molecular weight excluding hydrogens is 316 g/mol. The van der Waals surface area contributed by atoms with Gasteiger partial charge in [0.15, 0.2) is 0 Å². The third-order valence-corrected chi connectivity index (χ3v) is 4.86. The van der Waals surface area contributed by atoms with Crippen molar-refractivity contribution in [1.29, 1.82) is 0 Å². The minimum Gasteiger partial charge on any atom is -0.372 e. The predicted octanol–water partition coefficient (Wildman–Crippen LogP) is 0.847. The molecule has 1 fully saturated rings. The Balaban J connectivity index is 2.22. The van der Waals surface area contributed by atoms with Gasteiger partial charge < -0.3 is 9.64 Å².